The fourth-order valence-electron chi connectivity index (χ4n) is 1.72. The second-order valence-corrected chi connectivity index (χ2v) is 3.46. The summed E-state index contributed by atoms with van der Waals surface area (Å²) in [6.07, 6.45) is 0. The molecule has 3 aromatic rings. The molecule has 0 amide bonds. The molecule has 1 heterocycles. The van der Waals surface area contributed by atoms with E-state index in [2.05, 4.69) is 23.2 Å². The van der Waals surface area contributed by atoms with Gasteiger partial charge in [0.25, 0.3) is 0 Å². The van der Waals surface area contributed by atoms with Crippen molar-refractivity contribution in [3.63, 3.8) is 0 Å². The molecule has 2 aromatic carbocycles. The first-order valence-electron chi connectivity index (χ1n) is 5.08. The van der Waals surface area contributed by atoms with Gasteiger partial charge in [0, 0.05) is 10.8 Å². The van der Waals surface area contributed by atoms with Gasteiger partial charge in [-0.1, -0.05) is 36.4 Å². The molecular weight excluding hydrogens is 212 g/mol. The minimum atomic E-state index is 1.06. The summed E-state index contributed by atoms with van der Waals surface area (Å²) in [4.78, 5) is 6.08. The van der Waals surface area contributed by atoms with Crippen molar-refractivity contribution in [2.24, 2.45) is 0 Å². The van der Waals surface area contributed by atoms with Crippen molar-refractivity contribution in [1.82, 2.24) is 4.98 Å². The molecular formula is C13H9N4-. The van der Waals surface area contributed by atoms with E-state index in [-0.39, 0.29) is 0 Å². The second-order valence-electron chi connectivity index (χ2n) is 3.46. The van der Waals surface area contributed by atoms with E-state index in [4.69, 9.17) is 11.1 Å². The largest absolute Gasteiger partial charge is 0.373 e. The van der Waals surface area contributed by atoms with E-state index in [0.717, 1.165) is 11.0 Å². The fraction of sp³-hybridized carbons (Fsp3) is 0. The van der Waals surface area contributed by atoms with E-state index in [9.17, 15) is 0 Å². The number of pyridine rings is 1. The summed E-state index contributed by atoms with van der Waals surface area (Å²) in [5.74, 6) is 0. The van der Waals surface area contributed by atoms with Gasteiger partial charge in [0.1, 0.15) is 0 Å². The minimum absolute atomic E-state index is 1.06. The lowest BCUT2D eigenvalue weighted by Crippen LogP contribution is -1.80. The van der Waals surface area contributed by atoms with Crippen LogP contribution in [-0.4, -0.2) is 4.98 Å². The number of benzene rings is 2. The van der Waals surface area contributed by atoms with Crippen LogP contribution in [0.1, 0.15) is 0 Å². The van der Waals surface area contributed by atoms with Gasteiger partial charge < -0.3 is 11.1 Å². The molecule has 0 N–H and O–H groups in total. The molecule has 0 aliphatic carbocycles. The highest BCUT2D eigenvalue weighted by molar-refractivity contribution is 5.92. The lowest BCUT2D eigenvalue weighted by Gasteiger charge is -1.99. The number of rotatable bonds is 0. The Morgan fingerprint density at radius 2 is 1.18 bits per heavy atom. The maximum absolute atomic E-state index is 6.75. The summed E-state index contributed by atoms with van der Waals surface area (Å²) >= 11 is 0. The average molecular weight is 221 g/mol. The second kappa shape index (κ2) is 4.96. The highest BCUT2D eigenvalue weighted by atomic mass is 15.0. The van der Waals surface area contributed by atoms with Crippen LogP contribution >= 0.6 is 0 Å². The molecule has 0 spiro atoms. The van der Waals surface area contributed by atoms with Crippen LogP contribution < -0.4 is 0 Å². The van der Waals surface area contributed by atoms with Crippen LogP contribution in [0.4, 0.5) is 0 Å². The van der Waals surface area contributed by atoms with Crippen LogP contribution in [0, 0.1) is 0 Å². The number of nitrogens with zero attached hydrogens (tertiary/aromatic N) is 4. The van der Waals surface area contributed by atoms with E-state index in [1.54, 1.807) is 0 Å². The van der Waals surface area contributed by atoms with E-state index in [1.807, 2.05) is 36.4 Å². The SMILES string of the molecule is [N-]=[N+]=[N-].c1ccc2nc3ccccc3cc2c1. The van der Waals surface area contributed by atoms with E-state index in [1.165, 1.54) is 15.7 Å². The maximum Gasteiger partial charge on any atom is 0.0709 e. The highest BCUT2D eigenvalue weighted by Crippen LogP contribution is 2.18. The van der Waals surface area contributed by atoms with E-state index in [0.29, 0.717) is 0 Å². The Labute approximate surface area is 97.9 Å². The molecule has 82 valence electrons. The first-order valence-corrected chi connectivity index (χ1v) is 5.08. The van der Waals surface area contributed by atoms with Gasteiger partial charge >= 0.3 is 0 Å². The summed E-state index contributed by atoms with van der Waals surface area (Å²) in [6.45, 7) is 0. The first-order chi connectivity index (χ1) is 8.35. The minimum Gasteiger partial charge on any atom is -0.373 e. The molecule has 0 saturated heterocycles. The van der Waals surface area contributed by atoms with Crippen LogP contribution in [0.5, 0.6) is 0 Å². The van der Waals surface area contributed by atoms with E-state index < -0.39 is 0 Å². The van der Waals surface area contributed by atoms with Gasteiger partial charge in [-0.2, -0.15) is 0 Å². The van der Waals surface area contributed by atoms with Crippen molar-refractivity contribution in [2.45, 2.75) is 0 Å². The third-order valence-corrected chi connectivity index (χ3v) is 2.43. The molecule has 0 aliphatic rings. The monoisotopic (exact) mass is 221 g/mol. The van der Waals surface area contributed by atoms with Crippen molar-refractivity contribution in [1.29, 1.82) is 0 Å². The van der Waals surface area contributed by atoms with Crippen molar-refractivity contribution in [3.05, 3.63) is 70.6 Å². The quantitative estimate of drug-likeness (QED) is 0.242. The molecule has 4 heteroatoms. The average Bonchev–Trinajstić information content (AvgIpc) is 2.37. The number of hydrogen-bond donors (Lipinski definition) is 0. The van der Waals surface area contributed by atoms with Gasteiger partial charge in [0.15, 0.2) is 0 Å². The lowest BCUT2D eigenvalue weighted by molar-refractivity contribution is 1.50. The summed E-state index contributed by atoms with van der Waals surface area (Å²) in [5, 5.41) is 2.40. The van der Waals surface area contributed by atoms with Crippen LogP contribution in [-0.2, 0) is 0 Å². The Morgan fingerprint density at radius 1 is 0.765 bits per heavy atom. The zero-order valence-corrected chi connectivity index (χ0v) is 8.99. The van der Waals surface area contributed by atoms with Crippen LogP contribution in [0.2, 0.25) is 0 Å². The third kappa shape index (κ3) is 2.33. The lowest BCUT2D eigenvalue weighted by atomic mass is 10.1. The number of hydrogen-bond acceptors (Lipinski definition) is 1. The summed E-state index contributed by atoms with van der Waals surface area (Å²) in [7, 11) is 0. The van der Waals surface area contributed by atoms with Crippen LogP contribution in [0.15, 0.2) is 54.6 Å². The van der Waals surface area contributed by atoms with Gasteiger partial charge in [0.2, 0.25) is 0 Å². The topological polar surface area (TPSA) is 71.6 Å². The predicted octanol–water partition coefficient (Wildman–Crippen LogP) is 4.25. The molecule has 1 aromatic heterocycles. The molecule has 0 atom stereocenters. The molecule has 17 heavy (non-hydrogen) atoms. The molecule has 0 bridgehead atoms. The third-order valence-electron chi connectivity index (χ3n) is 2.43. The molecule has 0 radical (unpaired) electrons. The fourth-order valence-corrected chi connectivity index (χ4v) is 1.72. The number of fused-ring (bicyclic) bond motifs is 2. The first kappa shape index (κ1) is 10.9. The molecule has 0 unspecified atom stereocenters. The van der Waals surface area contributed by atoms with Gasteiger partial charge in [-0.25, -0.2) is 4.98 Å². The number of para-hydroxylation sites is 2. The zero-order chi connectivity index (χ0) is 12.1. The maximum atomic E-state index is 6.75. The summed E-state index contributed by atoms with van der Waals surface area (Å²) < 4.78 is 0. The van der Waals surface area contributed by atoms with Crippen molar-refractivity contribution >= 4 is 21.8 Å². The van der Waals surface area contributed by atoms with Crippen molar-refractivity contribution < 1.29 is 0 Å². The molecule has 0 saturated carbocycles. The molecule has 4 nitrogen and oxygen atoms in total. The Balaban J connectivity index is 0.000000329. The van der Waals surface area contributed by atoms with Crippen LogP contribution in [0.3, 0.4) is 0 Å². The Bertz CT molecular complexity index is 580. The van der Waals surface area contributed by atoms with Crippen molar-refractivity contribution in [3.8, 4) is 0 Å². The van der Waals surface area contributed by atoms with Gasteiger partial charge in [0.05, 0.1) is 11.0 Å². The zero-order valence-electron chi connectivity index (χ0n) is 8.99. The Hall–Kier alpha value is -2.58. The van der Waals surface area contributed by atoms with E-state index >= 15 is 0 Å². The molecule has 0 aliphatic heterocycles. The normalized spacial score (nSPS) is 9.41. The van der Waals surface area contributed by atoms with Crippen LogP contribution in [0.25, 0.3) is 37.8 Å². The Morgan fingerprint density at radius 3 is 1.65 bits per heavy atom. The highest BCUT2D eigenvalue weighted by Gasteiger charge is 1.96. The van der Waals surface area contributed by atoms with Gasteiger partial charge in [-0.05, 0) is 18.2 Å². The Kier molecular flexibility index (Phi) is 3.19. The van der Waals surface area contributed by atoms with Gasteiger partial charge in [-0.15, -0.1) is 0 Å². The van der Waals surface area contributed by atoms with Gasteiger partial charge in [-0.3, -0.25) is 4.91 Å². The molecule has 3 rings (SSSR count). The summed E-state index contributed by atoms with van der Waals surface area (Å²) in [5.41, 5.74) is 15.6. The van der Waals surface area contributed by atoms with Crippen molar-refractivity contribution in [2.75, 3.05) is 0 Å². The molecule has 0 fully saturated rings. The predicted molar refractivity (Wildman–Crippen MR) is 69.3 cm³/mol. The standard InChI is InChI=1S/C13H9N.N3/c1-3-7-12-10(5-1)9-11-6-2-4-8-13(11)14-12;1-3-2/h1-9H;/q;-1. The summed E-state index contributed by atoms with van der Waals surface area (Å²) in [6, 6.07) is 18.6. The smallest absolute Gasteiger partial charge is 0.0709 e. The number of aromatic nitrogens is 1.